The third kappa shape index (κ3) is 3.80. The number of amides is 1. The van der Waals surface area contributed by atoms with E-state index in [9.17, 15) is 4.79 Å². The van der Waals surface area contributed by atoms with Gasteiger partial charge in [-0.2, -0.15) is 0 Å². The SMILES string of the molecule is CSc1ccc(C2Nc3nc4ccccc4n3C(C)=C2C(=O)Nc2ccc(C)cc2C)cc1. The molecule has 1 aliphatic rings. The first-order valence-corrected chi connectivity index (χ1v) is 12.2. The number of carbonyl (C=O) groups is 1. The Morgan fingerprint density at radius 3 is 2.52 bits per heavy atom. The van der Waals surface area contributed by atoms with E-state index in [0.29, 0.717) is 5.57 Å². The Morgan fingerprint density at radius 2 is 1.79 bits per heavy atom. The second kappa shape index (κ2) is 8.45. The van der Waals surface area contributed by atoms with Crippen molar-refractivity contribution in [2.75, 3.05) is 16.9 Å². The number of hydrogen-bond acceptors (Lipinski definition) is 4. The maximum absolute atomic E-state index is 13.7. The lowest BCUT2D eigenvalue weighted by atomic mass is 9.94. The number of thioether (sulfide) groups is 1. The molecule has 1 amide bonds. The second-order valence-corrected chi connectivity index (χ2v) is 9.26. The zero-order chi connectivity index (χ0) is 23.1. The molecule has 5 rings (SSSR count). The van der Waals surface area contributed by atoms with Gasteiger partial charge < -0.3 is 10.6 Å². The maximum atomic E-state index is 13.7. The van der Waals surface area contributed by atoms with Crippen molar-refractivity contribution in [1.29, 1.82) is 0 Å². The molecule has 0 radical (unpaired) electrons. The molecule has 0 saturated heterocycles. The smallest absolute Gasteiger partial charge is 0.255 e. The molecular formula is C27H26N4OS. The highest BCUT2D eigenvalue weighted by atomic mass is 32.2. The summed E-state index contributed by atoms with van der Waals surface area (Å²) in [6, 6.07) is 22.1. The van der Waals surface area contributed by atoms with Crippen LogP contribution < -0.4 is 10.6 Å². The van der Waals surface area contributed by atoms with E-state index >= 15 is 0 Å². The minimum Gasteiger partial charge on any atom is -0.344 e. The standard InChI is InChI=1S/C27H26N4OS/c1-16-9-14-21(17(2)15-16)28-26(32)24-18(3)31-23-8-6-5-7-22(23)29-27(31)30-25(24)19-10-12-20(33-4)13-11-19/h5-15,25H,1-4H3,(H,28,32)(H,29,30). The van der Waals surface area contributed by atoms with Gasteiger partial charge in [0.15, 0.2) is 0 Å². The first-order valence-electron chi connectivity index (χ1n) is 10.9. The van der Waals surface area contributed by atoms with E-state index in [-0.39, 0.29) is 11.9 Å². The highest BCUT2D eigenvalue weighted by Crippen LogP contribution is 2.39. The highest BCUT2D eigenvalue weighted by Gasteiger charge is 2.32. The van der Waals surface area contributed by atoms with Gasteiger partial charge in [0.2, 0.25) is 5.95 Å². The van der Waals surface area contributed by atoms with E-state index in [1.165, 1.54) is 10.5 Å². The number of nitrogens with zero attached hydrogens (tertiary/aromatic N) is 2. The molecular weight excluding hydrogens is 428 g/mol. The lowest BCUT2D eigenvalue weighted by Gasteiger charge is -2.30. The summed E-state index contributed by atoms with van der Waals surface area (Å²) in [5, 5.41) is 6.69. The first kappa shape index (κ1) is 21.3. The zero-order valence-electron chi connectivity index (χ0n) is 19.1. The Morgan fingerprint density at radius 1 is 1.03 bits per heavy atom. The molecule has 0 saturated carbocycles. The molecule has 1 aliphatic heterocycles. The van der Waals surface area contributed by atoms with Gasteiger partial charge in [0.25, 0.3) is 5.91 Å². The van der Waals surface area contributed by atoms with Crippen LogP contribution in [0.2, 0.25) is 0 Å². The molecule has 3 aromatic carbocycles. The monoisotopic (exact) mass is 454 g/mol. The van der Waals surface area contributed by atoms with E-state index in [2.05, 4.69) is 54.1 Å². The van der Waals surface area contributed by atoms with Crippen LogP contribution in [-0.4, -0.2) is 21.7 Å². The number of fused-ring (bicyclic) bond motifs is 3. The van der Waals surface area contributed by atoms with Gasteiger partial charge >= 0.3 is 0 Å². The molecule has 0 spiro atoms. The van der Waals surface area contributed by atoms with Crippen LogP contribution in [0, 0.1) is 13.8 Å². The Labute approximate surface area is 197 Å². The van der Waals surface area contributed by atoms with Crippen molar-refractivity contribution in [3.8, 4) is 0 Å². The Hall–Kier alpha value is -3.51. The third-order valence-corrected chi connectivity index (χ3v) is 6.92. The quantitative estimate of drug-likeness (QED) is 0.350. The third-order valence-electron chi connectivity index (χ3n) is 6.17. The summed E-state index contributed by atoms with van der Waals surface area (Å²) in [5.74, 6) is 0.630. The van der Waals surface area contributed by atoms with E-state index in [1.807, 2.05) is 54.8 Å². The number of nitrogens with one attached hydrogen (secondary N) is 2. The van der Waals surface area contributed by atoms with Gasteiger partial charge in [-0.15, -0.1) is 11.8 Å². The van der Waals surface area contributed by atoms with E-state index in [0.717, 1.165) is 39.5 Å². The summed E-state index contributed by atoms with van der Waals surface area (Å²) in [6.07, 6.45) is 2.06. The molecule has 0 bridgehead atoms. The fourth-order valence-electron chi connectivity index (χ4n) is 4.48. The van der Waals surface area contributed by atoms with Crippen molar-refractivity contribution >= 4 is 46.0 Å². The number of para-hydroxylation sites is 2. The maximum Gasteiger partial charge on any atom is 0.255 e. The largest absolute Gasteiger partial charge is 0.344 e. The van der Waals surface area contributed by atoms with Gasteiger partial charge in [-0.1, -0.05) is 42.0 Å². The van der Waals surface area contributed by atoms with Crippen LogP contribution in [0.3, 0.4) is 0 Å². The molecule has 1 aromatic heterocycles. The molecule has 1 unspecified atom stereocenters. The highest BCUT2D eigenvalue weighted by molar-refractivity contribution is 7.98. The molecule has 6 heteroatoms. The average molecular weight is 455 g/mol. The van der Waals surface area contributed by atoms with Crippen LogP contribution in [0.4, 0.5) is 11.6 Å². The fraction of sp³-hybridized carbons (Fsp3) is 0.185. The topological polar surface area (TPSA) is 59.0 Å². The number of imidazole rings is 1. The number of hydrogen-bond donors (Lipinski definition) is 2. The minimum atomic E-state index is -0.309. The molecule has 2 N–H and O–H groups in total. The van der Waals surface area contributed by atoms with Crippen molar-refractivity contribution in [1.82, 2.24) is 9.55 Å². The van der Waals surface area contributed by atoms with E-state index < -0.39 is 0 Å². The lowest BCUT2D eigenvalue weighted by molar-refractivity contribution is -0.113. The number of aryl methyl sites for hydroxylation is 2. The van der Waals surface area contributed by atoms with Crippen molar-refractivity contribution in [2.24, 2.45) is 0 Å². The van der Waals surface area contributed by atoms with E-state index in [4.69, 9.17) is 4.98 Å². The Kier molecular flexibility index (Phi) is 5.46. The Bertz CT molecular complexity index is 1400. The average Bonchev–Trinajstić information content (AvgIpc) is 3.19. The van der Waals surface area contributed by atoms with Crippen molar-refractivity contribution in [2.45, 2.75) is 31.7 Å². The molecule has 0 fully saturated rings. The van der Waals surface area contributed by atoms with Gasteiger partial charge in [-0.25, -0.2) is 4.98 Å². The molecule has 0 aliphatic carbocycles. The predicted octanol–water partition coefficient (Wildman–Crippen LogP) is 6.41. The lowest BCUT2D eigenvalue weighted by Crippen LogP contribution is -2.30. The number of carbonyl (C=O) groups excluding carboxylic acids is 1. The molecule has 2 heterocycles. The number of rotatable bonds is 4. The number of allylic oxidation sites excluding steroid dienone is 1. The van der Waals surface area contributed by atoms with Crippen LogP contribution in [0.15, 0.2) is 77.2 Å². The number of aromatic nitrogens is 2. The summed E-state index contributed by atoms with van der Waals surface area (Å²) in [5.41, 5.74) is 7.49. The zero-order valence-corrected chi connectivity index (χ0v) is 20.0. The summed E-state index contributed by atoms with van der Waals surface area (Å²) in [7, 11) is 0. The van der Waals surface area contributed by atoms with Crippen LogP contribution in [0.5, 0.6) is 0 Å². The van der Waals surface area contributed by atoms with E-state index in [1.54, 1.807) is 11.8 Å². The van der Waals surface area contributed by atoms with Gasteiger partial charge in [0.05, 0.1) is 22.6 Å². The number of anilines is 2. The summed E-state index contributed by atoms with van der Waals surface area (Å²) >= 11 is 1.70. The normalized spacial score (nSPS) is 15.3. The van der Waals surface area contributed by atoms with Crippen LogP contribution in [-0.2, 0) is 4.79 Å². The molecule has 5 nitrogen and oxygen atoms in total. The molecule has 33 heavy (non-hydrogen) atoms. The van der Waals surface area contributed by atoms with Crippen LogP contribution in [0.25, 0.3) is 16.7 Å². The summed E-state index contributed by atoms with van der Waals surface area (Å²) in [4.78, 5) is 19.7. The molecule has 4 aromatic rings. The van der Waals surface area contributed by atoms with Crippen molar-refractivity contribution < 1.29 is 4.79 Å². The Balaban J connectivity index is 1.64. The fourth-order valence-corrected chi connectivity index (χ4v) is 4.89. The minimum absolute atomic E-state index is 0.116. The second-order valence-electron chi connectivity index (χ2n) is 8.38. The van der Waals surface area contributed by atoms with Gasteiger partial charge in [-0.3, -0.25) is 9.36 Å². The summed E-state index contributed by atoms with van der Waals surface area (Å²) in [6.45, 7) is 6.07. The van der Waals surface area contributed by atoms with Crippen LogP contribution in [0.1, 0.15) is 29.7 Å². The molecule has 166 valence electrons. The van der Waals surface area contributed by atoms with Gasteiger partial charge in [0, 0.05) is 16.3 Å². The van der Waals surface area contributed by atoms with Crippen LogP contribution >= 0.6 is 11.8 Å². The predicted molar refractivity (Wildman–Crippen MR) is 138 cm³/mol. The van der Waals surface area contributed by atoms with Crippen molar-refractivity contribution in [3.63, 3.8) is 0 Å². The van der Waals surface area contributed by atoms with Gasteiger partial charge in [0.1, 0.15) is 0 Å². The molecule has 1 atom stereocenters. The van der Waals surface area contributed by atoms with Gasteiger partial charge in [-0.05, 0) is 68.5 Å². The summed E-state index contributed by atoms with van der Waals surface area (Å²) < 4.78 is 2.04. The first-order chi connectivity index (χ1) is 16.0. The number of benzene rings is 3. The van der Waals surface area contributed by atoms with Crippen molar-refractivity contribution in [3.05, 3.63) is 89.0 Å².